The summed E-state index contributed by atoms with van der Waals surface area (Å²) in [4.78, 5) is 5.67. The van der Waals surface area contributed by atoms with E-state index in [-0.39, 0.29) is 6.04 Å². The van der Waals surface area contributed by atoms with E-state index in [1.165, 1.54) is 23.8 Å². The van der Waals surface area contributed by atoms with Gasteiger partial charge in [0.2, 0.25) is 0 Å². The highest BCUT2D eigenvalue weighted by Gasteiger charge is 2.33. The van der Waals surface area contributed by atoms with Crippen molar-refractivity contribution in [3.8, 4) is 0 Å². The summed E-state index contributed by atoms with van der Waals surface area (Å²) in [6.45, 7) is 1.37. The number of nitrogens with one attached hydrogen (secondary N) is 1. The van der Waals surface area contributed by atoms with Crippen LogP contribution >= 0.6 is 0 Å². The van der Waals surface area contributed by atoms with Gasteiger partial charge >= 0.3 is 0 Å². The van der Waals surface area contributed by atoms with Gasteiger partial charge in [-0.15, -0.1) is 0 Å². The number of fused-ring (bicyclic) bond motifs is 3. The van der Waals surface area contributed by atoms with Gasteiger partial charge in [-0.3, -0.25) is 9.58 Å². The first-order valence-corrected chi connectivity index (χ1v) is 9.36. The molecule has 2 aromatic heterocycles. The van der Waals surface area contributed by atoms with Crippen molar-refractivity contribution in [1.82, 2.24) is 19.7 Å². The lowest BCUT2D eigenvalue weighted by Crippen LogP contribution is -2.36. The number of hydrogen-bond acceptors (Lipinski definition) is 2. The van der Waals surface area contributed by atoms with E-state index in [1.54, 1.807) is 4.68 Å². The summed E-state index contributed by atoms with van der Waals surface area (Å²) in [5, 5.41) is 5.39. The lowest BCUT2D eigenvalue weighted by Gasteiger charge is -2.36. The number of nitrogens with zero attached hydrogens (tertiary/aromatic N) is 3. The van der Waals surface area contributed by atoms with Crippen LogP contribution in [-0.4, -0.2) is 26.2 Å². The number of aromatic nitrogens is 3. The number of halogens is 2. The highest BCUT2D eigenvalue weighted by atomic mass is 19.1. The second-order valence-electron chi connectivity index (χ2n) is 7.37. The number of hydrogen-bond donors (Lipinski definition) is 1. The Kier molecular flexibility index (Phi) is 4.02. The van der Waals surface area contributed by atoms with Gasteiger partial charge in [0.15, 0.2) is 0 Å². The number of H-pyrrole nitrogens is 1. The Hall–Kier alpha value is -2.99. The largest absolute Gasteiger partial charge is 0.357 e. The molecular weight excluding hydrogens is 358 g/mol. The van der Waals surface area contributed by atoms with Crippen LogP contribution in [0.5, 0.6) is 0 Å². The summed E-state index contributed by atoms with van der Waals surface area (Å²) in [6.07, 6.45) is 4.63. The van der Waals surface area contributed by atoms with E-state index < -0.39 is 11.6 Å². The minimum Gasteiger partial charge on any atom is -0.357 e. The Morgan fingerprint density at radius 2 is 2.04 bits per heavy atom. The Morgan fingerprint density at radius 3 is 2.86 bits per heavy atom. The average Bonchev–Trinajstić information content (AvgIpc) is 3.27. The zero-order chi connectivity index (χ0) is 19.3. The van der Waals surface area contributed by atoms with Gasteiger partial charge in [-0.05, 0) is 36.2 Å². The summed E-state index contributed by atoms with van der Waals surface area (Å²) in [5.74, 6) is -0.824. The topological polar surface area (TPSA) is 36.9 Å². The molecule has 0 saturated carbocycles. The van der Waals surface area contributed by atoms with E-state index in [2.05, 4.69) is 21.0 Å². The molecule has 1 aliphatic heterocycles. The van der Waals surface area contributed by atoms with E-state index in [9.17, 15) is 8.78 Å². The number of aryl methyl sites for hydroxylation is 1. The summed E-state index contributed by atoms with van der Waals surface area (Å²) in [7, 11) is 1.87. The quantitative estimate of drug-likeness (QED) is 0.576. The fourth-order valence-corrected chi connectivity index (χ4v) is 4.33. The number of para-hydroxylation sites is 1. The van der Waals surface area contributed by atoms with Crippen molar-refractivity contribution in [1.29, 1.82) is 0 Å². The van der Waals surface area contributed by atoms with Gasteiger partial charge in [-0.2, -0.15) is 5.10 Å². The molecule has 4 nitrogen and oxygen atoms in total. The highest BCUT2D eigenvalue weighted by molar-refractivity contribution is 5.85. The molecule has 0 amide bonds. The van der Waals surface area contributed by atoms with Gasteiger partial charge in [0, 0.05) is 54.1 Å². The monoisotopic (exact) mass is 378 g/mol. The maximum absolute atomic E-state index is 14.8. The Balaban J connectivity index is 1.66. The van der Waals surface area contributed by atoms with Gasteiger partial charge in [0.05, 0.1) is 12.2 Å². The molecule has 28 heavy (non-hydrogen) atoms. The maximum atomic E-state index is 14.8. The third-order valence-corrected chi connectivity index (χ3v) is 5.53. The number of benzene rings is 2. The van der Waals surface area contributed by atoms with Crippen LogP contribution in [0.3, 0.4) is 0 Å². The molecule has 2 aromatic carbocycles. The van der Waals surface area contributed by atoms with Crippen LogP contribution in [0.25, 0.3) is 10.9 Å². The molecule has 5 rings (SSSR count). The number of rotatable bonds is 3. The molecular formula is C22H20F2N4. The van der Waals surface area contributed by atoms with E-state index >= 15 is 0 Å². The predicted molar refractivity (Wildman–Crippen MR) is 104 cm³/mol. The molecule has 1 N–H and O–H groups in total. The van der Waals surface area contributed by atoms with Crippen molar-refractivity contribution in [2.45, 2.75) is 19.0 Å². The Bertz CT molecular complexity index is 1160. The molecule has 142 valence electrons. The first-order chi connectivity index (χ1) is 13.6. The summed E-state index contributed by atoms with van der Waals surface area (Å²) in [6, 6.07) is 11.4. The first kappa shape index (κ1) is 17.1. The minimum absolute atomic E-state index is 0.358. The van der Waals surface area contributed by atoms with Crippen LogP contribution in [0.2, 0.25) is 0 Å². The van der Waals surface area contributed by atoms with Crippen LogP contribution in [0.15, 0.2) is 54.9 Å². The smallest absolute Gasteiger partial charge is 0.128 e. The molecule has 0 aliphatic carbocycles. The molecule has 0 bridgehead atoms. The van der Waals surface area contributed by atoms with Gasteiger partial charge < -0.3 is 4.98 Å². The SMILES string of the molecule is Cn1cc(CN2CCc3c([nH]c4ccccc34)[C@H]2c2cc(F)ccc2F)cn1. The fraction of sp³-hybridized carbons (Fsp3) is 0.227. The lowest BCUT2D eigenvalue weighted by atomic mass is 9.91. The Morgan fingerprint density at radius 1 is 1.18 bits per heavy atom. The summed E-state index contributed by atoms with van der Waals surface area (Å²) in [5.41, 5.74) is 4.56. The third-order valence-electron chi connectivity index (χ3n) is 5.53. The van der Waals surface area contributed by atoms with Crippen molar-refractivity contribution in [2.24, 2.45) is 7.05 Å². The van der Waals surface area contributed by atoms with Gasteiger partial charge in [-0.1, -0.05) is 18.2 Å². The van der Waals surface area contributed by atoms with E-state index in [0.717, 1.165) is 35.1 Å². The van der Waals surface area contributed by atoms with Crippen molar-refractivity contribution >= 4 is 10.9 Å². The fourth-order valence-electron chi connectivity index (χ4n) is 4.33. The van der Waals surface area contributed by atoms with Crippen molar-refractivity contribution in [3.63, 3.8) is 0 Å². The molecule has 1 atom stereocenters. The van der Waals surface area contributed by atoms with Gasteiger partial charge in [0.1, 0.15) is 11.6 Å². The number of aromatic amines is 1. The minimum atomic E-state index is -0.430. The second-order valence-corrected chi connectivity index (χ2v) is 7.37. The zero-order valence-electron chi connectivity index (χ0n) is 15.5. The van der Waals surface area contributed by atoms with Crippen LogP contribution in [0.4, 0.5) is 8.78 Å². The second kappa shape index (κ2) is 6.56. The molecule has 0 radical (unpaired) electrons. The normalized spacial score (nSPS) is 17.2. The Labute approximate surface area is 161 Å². The van der Waals surface area contributed by atoms with E-state index in [4.69, 9.17) is 0 Å². The maximum Gasteiger partial charge on any atom is 0.128 e. The zero-order valence-corrected chi connectivity index (χ0v) is 15.5. The summed E-state index contributed by atoms with van der Waals surface area (Å²) < 4.78 is 30.6. The van der Waals surface area contributed by atoms with Crippen molar-refractivity contribution < 1.29 is 8.78 Å². The van der Waals surface area contributed by atoms with Crippen molar-refractivity contribution in [2.75, 3.05) is 6.54 Å². The predicted octanol–water partition coefficient (Wildman–Crippen LogP) is 4.33. The molecule has 4 aromatic rings. The first-order valence-electron chi connectivity index (χ1n) is 9.36. The van der Waals surface area contributed by atoms with Crippen LogP contribution in [0.1, 0.15) is 28.4 Å². The lowest BCUT2D eigenvalue weighted by molar-refractivity contribution is 0.198. The molecule has 0 spiro atoms. The molecule has 1 aliphatic rings. The molecule has 3 heterocycles. The van der Waals surface area contributed by atoms with Crippen LogP contribution in [-0.2, 0) is 20.0 Å². The van der Waals surface area contributed by atoms with Crippen LogP contribution < -0.4 is 0 Å². The molecule has 0 unspecified atom stereocenters. The molecule has 6 heteroatoms. The van der Waals surface area contributed by atoms with Crippen LogP contribution in [0, 0.1) is 11.6 Å². The van der Waals surface area contributed by atoms with Crippen molar-refractivity contribution in [3.05, 3.63) is 88.9 Å². The van der Waals surface area contributed by atoms with E-state index in [1.807, 2.05) is 37.6 Å². The highest BCUT2D eigenvalue weighted by Crippen LogP contribution is 2.40. The average molecular weight is 378 g/mol. The molecule has 0 fully saturated rings. The van der Waals surface area contributed by atoms with E-state index in [0.29, 0.717) is 12.1 Å². The summed E-state index contributed by atoms with van der Waals surface area (Å²) >= 11 is 0. The molecule has 0 saturated heterocycles. The van der Waals surface area contributed by atoms with Gasteiger partial charge in [0.25, 0.3) is 0 Å². The third kappa shape index (κ3) is 2.81. The standard InChI is InChI=1S/C22H20F2N4/c1-27-12-14(11-25-27)13-28-9-8-17-16-4-2-3-5-20(16)26-21(17)22(28)18-10-15(23)6-7-19(18)24/h2-7,10-12,22,26H,8-9,13H2,1H3/t22-/m1/s1. The van der Waals surface area contributed by atoms with Gasteiger partial charge in [-0.25, -0.2) is 8.78 Å².